The molecule has 2 aliphatic carbocycles. The van der Waals surface area contributed by atoms with Crippen molar-refractivity contribution in [1.82, 2.24) is 19.8 Å². The lowest BCUT2D eigenvalue weighted by atomic mass is 10.1. The molecular formula is C14H24N4O2S. The molecule has 21 heavy (non-hydrogen) atoms. The summed E-state index contributed by atoms with van der Waals surface area (Å²) >= 11 is 0. The summed E-state index contributed by atoms with van der Waals surface area (Å²) in [6.07, 6.45) is 10.3. The second kappa shape index (κ2) is 6.46. The number of nitrogens with zero attached hydrogens (tertiary/aromatic N) is 2. The summed E-state index contributed by atoms with van der Waals surface area (Å²) in [5.41, 5.74) is 0. The highest BCUT2D eigenvalue weighted by Crippen LogP contribution is 2.24. The average molecular weight is 312 g/mol. The summed E-state index contributed by atoms with van der Waals surface area (Å²) in [5, 5.41) is 7.53. The van der Waals surface area contributed by atoms with Gasteiger partial charge in [-0.05, 0) is 31.6 Å². The smallest absolute Gasteiger partial charge is 0.243 e. The molecule has 0 bridgehead atoms. The molecule has 0 saturated heterocycles. The van der Waals surface area contributed by atoms with Crippen molar-refractivity contribution in [2.24, 2.45) is 5.92 Å². The fraction of sp³-hybridized carbons (Fsp3) is 0.786. The number of sulfonamides is 1. The molecule has 6 nitrogen and oxygen atoms in total. The van der Waals surface area contributed by atoms with Crippen LogP contribution in [0.4, 0.5) is 0 Å². The third-order valence-electron chi connectivity index (χ3n) is 4.31. The Morgan fingerprint density at radius 3 is 2.71 bits per heavy atom. The van der Waals surface area contributed by atoms with Gasteiger partial charge in [0.1, 0.15) is 4.90 Å². The summed E-state index contributed by atoms with van der Waals surface area (Å²) in [6.45, 7) is 2.09. The molecule has 2 aliphatic rings. The first kappa shape index (κ1) is 15.0. The Labute approximate surface area is 126 Å². The van der Waals surface area contributed by atoms with Gasteiger partial charge >= 0.3 is 0 Å². The Kier molecular flexibility index (Phi) is 4.61. The maximum atomic E-state index is 12.2. The van der Waals surface area contributed by atoms with Crippen molar-refractivity contribution in [3.63, 3.8) is 0 Å². The van der Waals surface area contributed by atoms with Crippen LogP contribution in [0.15, 0.2) is 17.3 Å². The highest BCUT2D eigenvalue weighted by Gasteiger charge is 2.22. The molecule has 1 aromatic rings. The van der Waals surface area contributed by atoms with Gasteiger partial charge in [-0.2, -0.15) is 5.10 Å². The second-order valence-electron chi connectivity index (χ2n) is 6.17. The quantitative estimate of drug-likeness (QED) is 0.754. The number of aromatic nitrogens is 2. The molecule has 0 aromatic carbocycles. The normalized spacial score (nSPS) is 20.2. The fourth-order valence-electron chi connectivity index (χ4n) is 2.80. The van der Waals surface area contributed by atoms with Crippen molar-refractivity contribution < 1.29 is 8.42 Å². The van der Waals surface area contributed by atoms with Gasteiger partial charge in [0.2, 0.25) is 10.0 Å². The molecule has 0 aliphatic heterocycles. The SMILES string of the molecule is O=S(=O)(NCC1CCCC1)c1cnn(CCNC2CC2)c1. The van der Waals surface area contributed by atoms with Gasteiger partial charge in [-0.15, -0.1) is 0 Å². The first-order valence-corrected chi connectivity index (χ1v) is 9.37. The molecule has 2 fully saturated rings. The molecule has 2 N–H and O–H groups in total. The maximum Gasteiger partial charge on any atom is 0.243 e. The van der Waals surface area contributed by atoms with Gasteiger partial charge in [0, 0.05) is 25.3 Å². The van der Waals surface area contributed by atoms with E-state index in [1.807, 2.05) is 0 Å². The van der Waals surface area contributed by atoms with Gasteiger partial charge in [-0.3, -0.25) is 4.68 Å². The van der Waals surface area contributed by atoms with E-state index in [1.54, 1.807) is 10.9 Å². The van der Waals surface area contributed by atoms with E-state index in [-0.39, 0.29) is 4.90 Å². The van der Waals surface area contributed by atoms with Crippen LogP contribution in [0.3, 0.4) is 0 Å². The molecular weight excluding hydrogens is 288 g/mol. The molecule has 7 heteroatoms. The molecule has 0 unspecified atom stereocenters. The second-order valence-corrected chi connectivity index (χ2v) is 7.94. The minimum atomic E-state index is -3.41. The molecule has 2 saturated carbocycles. The Morgan fingerprint density at radius 2 is 2.00 bits per heavy atom. The van der Waals surface area contributed by atoms with Gasteiger partial charge in [-0.25, -0.2) is 13.1 Å². The lowest BCUT2D eigenvalue weighted by Gasteiger charge is -2.09. The van der Waals surface area contributed by atoms with Crippen molar-refractivity contribution in [3.05, 3.63) is 12.4 Å². The van der Waals surface area contributed by atoms with Crippen molar-refractivity contribution in [3.8, 4) is 0 Å². The summed E-state index contributed by atoms with van der Waals surface area (Å²) in [6, 6.07) is 0.664. The number of rotatable bonds is 8. The van der Waals surface area contributed by atoms with Crippen molar-refractivity contribution in [1.29, 1.82) is 0 Å². The van der Waals surface area contributed by atoms with Crippen LogP contribution in [0, 0.1) is 5.92 Å². The highest BCUT2D eigenvalue weighted by atomic mass is 32.2. The molecule has 0 amide bonds. The molecule has 0 spiro atoms. The van der Waals surface area contributed by atoms with E-state index in [9.17, 15) is 8.42 Å². The van der Waals surface area contributed by atoms with E-state index in [2.05, 4.69) is 15.1 Å². The van der Waals surface area contributed by atoms with Crippen molar-refractivity contribution in [2.75, 3.05) is 13.1 Å². The van der Waals surface area contributed by atoms with Crippen LogP contribution in [-0.2, 0) is 16.6 Å². The van der Waals surface area contributed by atoms with E-state index in [0.29, 0.717) is 25.0 Å². The van der Waals surface area contributed by atoms with Crippen LogP contribution in [0.1, 0.15) is 38.5 Å². The lowest BCUT2D eigenvalue weighted by Crippen LogP contribution is -2.28. The Hall–Kier alpha value is -0.920. The topological polar surface area (TPSA) is 76.0 Å². The predicted octanol–water partition coefficient (Wildman–Crippen LogP) is 1.10. The number of hydrogen-bond acceptors (Lipinski definition) is 4. The monoisotopic (exact) mass is 312 g/mol. The van der Waals surface area contributed by atoms with E-state index in [4.69, 9.17) is 0 Å². The summed E-state index contributed by atoms with van der Waals surface area (Å²) in [4.78, 5) is 0.270. The highest BCUT2D eigenvalue weighted by molar-refractivity contribution is 7.89. The Bertz CT molecular complexity index is 559. The van der Waals surface area contributed by atoms with E-state index in [0.717, 1.165) is 19.4 Å². The van der Waals surface area contributed by atoms with Gasteiger partial charge in [-0.1, -0.05) is 12.8 Å². The third-order valence-corrected chi connectivity index (χ3v) is 5.69. The van der Waals surface area contributed by atoms with Crippen molar-refractivity contribution in [2.45, 2.75) is 56.0 Å². The van der Waals surface area contributed by atoms with Gasteiger partial charge in [0.25, 0.3) is 0 Å². The zero-order valence-corrected chi connectivity index (χ0v) is 13.1. The first-order valence-electron chi connectivity index (χ1n) is 7.89. The Balaban J connectivity index is 1.50. The number of nitrogens with one attached hydrogen (secondary N) is 2. The minimum Gasteiger partial charge on any atom is -0.312 e. The average Bonchev–Trinajstić information content (AvgIpc) is 2.94. The third kappa shape index (κ3) is 4.28. The van der Waals surface area contributed by atoms with Crippen molar-refractivity contribution >= 4 is 10.0 Å². The molecule has 118 valence electrons. The lowest BCUT2D eigenvalue weighted by molar-refractivity contribution is 0.519. The van der Waals surface area contributed by atoms with E-state index < -0.39 is 10.0 Å². The van der Waals surface area contributed by atoms with Crippen LogP contribution in [0.2, 0.25) is 0 Å². The molecule has 3 rings (SSSR count). The standard InChI is InChI=1S/C14H24N4O2S/c19-21(20,17-9-12-3-1-2-4-12)14-10-16-18(11-14)8-7-15-13-5-6-13/h10-13,15,17H,1-9H2. The molecule has 0 atom stereocenters. The molecule has 1 aromatic heterocycles. The van der Waals surface area contributed by atoms with Crippen LogP contribution in [0.25, 0.3) is 0 Å². The van der Waals surface area contributed by atoms with E-state index >= 15 is 0 Å². The molecule has 1 heterocycles. The zero-order valence-electron chi connectivity index (χ0n) is 12.3. The van der Waals surface area contributed by atoms with Crippen LogP contribution >= 0.6 is 0 Å². The fourth-order valence-corrected chi connectivity index (χ4v) is 3.87. The van der Waals surface area contributed by atoms with Gasteiger partial charge in [0.15, 0.2) is 0 Å². The summed E-state index contributed by atoms with van der Waals surface area (Å²) in [5.74, 6) is 0.498. The van der Waals surface area contributed by atoms with Crippen LogP contribution in [0.5, 0.6) is 0 Å². The Morgan fingerprint density at radius 1 is 1.24 bits per heavy atom. The predicted molar refractivity (Wildman–Crippen MR) is 80.4 cm³/mol. The summed E-state index contributed by atoms with van der Waals surface area (Å²) < 4.78 is 28.8. The number of hydrogen-bond donors (Lipinski definition) is 2. The van der Waals surface area contributed by atoms with Crippen LogP contribution in [-0.4, -0.2) is 37.3 Å². The first-order chi connectivity index (χ1) is 10.1. The maximum absolute atomic E-state index is 12.2. The van der Waals surface area contributed by atoms with E-state index in [1.165, 1.54) is 31.9 Å². The minimum absolute atomic E-state index is 0.270. The van der Waals surface area contributed by atoms with Crippen LogP contribution < -0.4 is 10.0 Å². The zero-order chi connectivity index (χ0) is 14.7. The molecule has 0 radical (unpaired) electrons. The summed E-state index contributed by atoms with van der Waals surface area (Å²) in [7, 11) is -3.41. The van der Waals surface area contributed by atoms with Gasteiger partial charge in [0.05, 0.1) is 12.7 Å². The van der Waals surface area contributed by atoms with Gasteiger partial charge < -0.3 is 5.32 Å². The largest absolute Gasteiger partial charge is 0.312 e.